The first-order chi connectivity index (χ1) is 15.4. The lowest BCUT2D eigenvalue weighted by molar-refractivity contribution is -0.111. The third kappa shape index (κ3) is 4.92. The molecule has 0 unspecified atom stereocenters. The Morgan fingerprint density at radius 1 is 1.09 bits per heavy atom. The third-order valence-corrected chi connectivity index (χ3v) is 5.58. The van der Waals surface area contributed by atoms with E-state index in [1.807, 2.05) is 48.5 Å². The number of hydrogen-bond donors (Lipinski definition) is 1. The Morgan fingerprint density at radius 2 is 1.88 bits per heavy atom. The van der Waals surface area contributed by atoms with Crippen LogP contribution in [0.2, 0.25) is 0 Å². The lowest BCUT2D eigenvalue weighted by Crippen LogP contribution is -2.07. The van der Waals surface area contributed by atoms with Gasteiger partial charge in [0.25, 0.3) is 0 Å². The fourth-order valence-electron chi connectivity index (χ4n) is 3.31. The number of carbonyl (C=O) groups excluding carboxylic acids is 1. The molecule has 0 atom stereocenters. The van der Waals surface area contributed by atoms with Crippen molar-refractivity contribution in [2.24, 2.45) is 0 Å². The molecular weight excluding hydrogens is 468 g/mol. The van der Waals surface area contributed by atoms with Crippen LogP contribution in [-0.4, -0.2) is 18.0 Å². The summed E-state index contributed by atoms with van der Waals surface area (Å²) in [6.45, 7) is 4.30. The van der Waals surface area contributed by atoms with Crippen LogP contribution in [0.15, 0.2) is 75.6 Å². The average Bonchev–Trinajstić information content (AvgIpc) is 3.21. The lowest BCUT2D eigenvalue weighted by Gasteiger charge is -2.05. The van der Waals surface area contributed by atoms with Crippen molar-refractivity contribution in [1.82, 2.24) is 4.98 Å². The summed E-state index contributed by atoms with van der Waals surface area (Å²) in [7, 11) is 1.60. The molecule has 0 bridgehead atoms. The molecule has 0 aliphatic carbocycles. The maximum Gasteiger partial charge on any atom is 0.248 e. The fraction of sp³-hybridized carbons (Fsp3) is 0.154. The zero-order valence-electron chi connectivity index (χ0n) is 18.1. The highest BCUT2D eigenvalue weighted by molar-refractivity contribution is 9.10. The van der Waals surface area contributed by atoms with E-state index in [1.165, 1.54) is 11.6 Å². The van der Waals surface area contributed by atoms with Gasteiger partial charge in [-0.15, -0.1) is 0 Å². The maximum atomic E-state index is 12.3. The van der Waals surface area contributed by atoms with E-state index in [-0.39, 0.29) is 5.91 Å². The normalized spacial score (nSPS) is 11.4. The van der Waals surface area contributed by atoms with Gasteiger partial charge in [0.2, 0.25) is 11.8 Å². The number of hydrogen-bond acceptors (Lipinski definition) is 4. The highest BCUT2D eigenvalue weighted by Crippen LogP contribution is 2.28. The van der Waals surface area contributed by atoms with Crippen LogP contribution in [0.4, 0.5) is 5.69 Å². The minimum absolute atomic E-state index is 0.233. The monoisotopic (exact) mass is 490 g/mol. The van der Waals surface area contributed by atoms with Gasteiger partial charge in [0.05, 0.1) is 7.11 Å². The Morgan fingerprint density at radius 3 is 2.59 bits per heavy atom. The molecule has 1 amide bonds. The molecule has 0 spiro atoms. The van der Waals surface area contributed by atoms with Crippen LogP contribution in [0.5, 0.6) is 5.75 Å². The van der Waals surface area contributed by atoms with E-state index in [0.717, 1.165) is 26.7 Å². The molecule has 4 rings (SSSR count). The van der Waals surface area contributed by atoms with Crippen molar-refractivity contribution in [1.29, 1.82) is 0 Å². The fourth-order valence-corrected chi connectivity index (χ4v) is 3.69. The van der Waals surface area contributed by atoms with Gasteiger partial charge in [-0.05, 0) is 72.2 Å². The number of oxazole rings is 1. The minimum atomic E-state index is -0.233. The van der Waals surface area contributed by atoms with Crippen LogP contribution < -0.4 is 10.1 Å². The molecule has 5 nitrogen and oxygen atoms in total. The molecule has 0 saturated heterocycles. The van der Waals surface area contributed by atoms with Gasteiger partial charge >= 0.3 is 0 Å². The molecule has 0 fully saturated rings. The second-order valence-electron chi connectivity index (χ2n) is 7.69. The molecule has 0 saturated carbocycles. The van der Waals surface area contributed by atoms with E-state index in [4.69, 9.17) is 9.15 Å². The molecule has 32 heavy (non-hydrogen) atoms. The van der Waals surface area contributed by atoms with Crippen LogP contribution in [0.25, 0.3) is 28.6 Å². The molecular formula is C26H23BrN2O3. The molecule has 0 radical (unpaired) electrons. The van der Waals surface area contributed by atoms with E-state index in [1.54, 1.807) is 13.2 Å². The smallest absolute Gasteiger partial charge is 0.248 e. The summed E-state index contributed by atoms with van der Waals surface area (Å²) >= 11 is 3.43. The van der Waals surface area contributed by atoms with Crippen LogP contribution in [0, 0.1) is 0 Å². The number of benzene rings is 3. The number of amides is 1. The number of halogens is 1. The topological polar surface area (TPSA) is 64.4 Å². The second-order valence-corrected chi connectivity index (χ2v) is 8.60. The Labute approximate surface area is 195 Å². The molecule has 1 aromatic heterocycles. The first kappa shape index (κ1) is 21.8. The molecule has 1 heterocycles. The molecule has 0 aliphatic heterocycles. The Bertz CT molecular complexity index is 1290. The number of anilines is 1. The summed E-state index contributed by atoms with van der Waals surface area (Å²) in [6.07, 6.45) is 3.20. The van der Waals surface area contributed by atoms with Crippen molar-refractivity contribution in [3.63, 3.8) is 0 Å². The second kappa shape index (κ2) is 9.40. The van der Waals surface area contributed by atoms with E-state index >= 15 is 0 Å². The van der Waals surface area contributed by atoms with Gasteiger partial charge in [-0.25, -0.2) is 4.98 Å². The summed E-state index contributed by atoms with van der Waals surface area (Å²) in [5.74, 6) is 1.45. The molecule has 0 aliphatic rings. The van der Waals surface area contributed by atoms with Crippen molar-refractivity contribution in [2.75, 3.05) is 12.4 Å². The summed E-state index contributed by atoms with van der Waals surface area (Å²) in [4.78, 5) is 17.0. The highest BCUT2D eigenvalue weighted by Gasteiger charge is 2.10. The van der Waals surface area contributed by atoms with Crippen LogP contribution in [-0.2, 0) is 4.79 Å². The molecule has 6 heteroatoms. The number of ether oxygens (including phenoxy) is 1. The zero-order valence-corrected chi connectivity index (χ0v) is 19.6. The summed E-state index contributed by atoms with van der Waals surface area (Å²) in [5.41, 5.74) is 5.17. The largest absolute Gasteiger partial charge is 0.496 e. The molecule has 1 N–H and O–H groups in total. The number of aromatic nitrogens is 1. The van der Waals surface area contributed by atoms with Crippen molar-refractivity contribution >= 4 is 44.7 Å². The van der Waals surface area contributed by atoms with Crippen LogP contribution in [0.1, 0.15) is 30.9 Å². The van der Waals surface area contributed by atoms with Crippen molar-refractivity contribution in [2.45, 2.75) is 19.8 Å². The standard InChI is InChI=1S/C26H23BrN2O3/c1-16(2)18-6-11-24-22(15-18)29-26(32-24)17-4-9-21(10-5-17)28-25(30)13-7-19-14-20(27)8-12-23(19)31-3/h4-16H,1-3H3,(H,28,30)/b13-7+. The summed E-state index contributed by atoms with van der Waals surface area (Å²) in [6, 6.07) is 19.1. The van der Waals surface area contributed by atoms with E-state index in [0.29, 0.717) is 23.2 Å². The number of rotatable bonds is 6. The Hall–Kier alpha value is -3.38. The van der Waals surface area contributed by atoms with Crippen molar-refractivity contribution in [3.8, 4) is 17.2 Å². The number of nitrogens with one attached hydrogen (secondary N) is 1. The number of carbonyl (C=O) groups is 1. The summed E-state index contributed by atoms with van der Waals surface area (Å²) < 4.78 is 12.1. The minimum Gasteiger partial charge on any atom is -0.496 e. The van der Waals surface area contributed by atoms with Gasteiger partial charge in [-0.1, -0.05) is 35.8 Å². The first-order valence-corrected chi connectivity index (χ1v) is 11.1. The van der Waals surface area contributed by atoms with Gasteiger partial charge in [-0.3, -0.25) is 4.79 Å². The average molecular weight is 491 g/mol. The zero-order chi connectivity index (χ0) is 22.7. The van der Waals surface area contributed by atoms with Crippen LogP contribution >= 0.6 is 15.9 Å². The lowest BCUT2D eigenvalue weighted by atomic mass is 10.0. The number of nitrogens with zero attached hydrogens (tertiary/aromatic N) is 1. The Kier molecular flexibility index (Phi) is 6.42. The van der Waals surface area contributed by atoms with Gasteiger partial charge in [0.15, 0.2) is 5.58 Å². The predicted molar refractivity (Wildman–Crippen MR) is 132 cm³/mol. The van der Waals surface area contributed by atoms with Gasteiger partial charge in [0, 0.05) is 27.4 Å². The SMILES string of the molecule is COc1ccc(Br)cc1/C=C/C(=O)Nc1ccc(-c2nc3cc(C(C)C)ccc3o2)cc1. The Balaban J connectivity index is 1.46. The number of fused-ring (bicyclic) bond motifs is 1. The quantitative estimate of drug-likeness (QED) is 0.294. The number of methoxy groups -OCH3 is 1. The molecule has 4 aromatic rings. The van der Waals surface area contributed by atoms with E-state index in [9.17, 15) is 4.79 Å². The highest BCUT2D eigenvalue weighted by atomic mass is 79.9. The molecule has 3 aromatic carbocycles. The summed E-state index contributed by atoms with van der Waals surface area (Å²) in [5, 5.41) is 2.86. The molecule has 162 valence electrons. The third-order valence-electron chi connectivity index (χ3n) is 5.08. The predicted octanol–water partition coefficient (Wildman–Crippen LogP) is 7.04. The van der Waals surface area contributed by atoms with Crippen LogP contribution in [0.3, 0.4) is 0 Å². The first-order valence-electron chi connectivity index (χ1n) is 10.3. The van der Waals surface area contributed by atoms with Gasteiger partial charge < -0.3 is 14.5 Å². The van der Waals surface area contributed by atoms with Crippen molar-refractivity contribution < 1.29 is 13.9 Å². The van der Waals surface area contributed by atoms with Gasteiger partial charge in [0.1, 0.15) is 11.3 Å². The van der Waals surface area contributed by atoms with Gasteiger partial charge in [-0.2, -0.15) is 0 Å². The van der Waals surface area contributed by atoms with Crippen molar-refractivity contribution in [3.05, 3.63) is 82.3 Å². The van der Waals surface area contributed by atoms with E-state index in [2.05, 4.69) is 52.2 Å². The van der Waals surface area contributed by atoms with E-state index < -0.39 is 0 Å². The maximum absolute atomic E-state index is 12.3.